The van der Waals surface area contributed by atoms with Crippen LogP contribution in [0.5, 0.6) is 0 Å². The van der Waals surface area contributed by atoms with E-state index in [9.17, 15) is 18.0 Å². The van der Waals surface area contributed by atoms with Crippen molar-refractivity contribution in [2.24, 2.45) is 5.10 Å². The summed E-state index contributed by atoms with van der Waals surface area (Å²) >= 11 is 11.3. The van der Waals surface area contributed by atoms with Crippen LogP contribution in [0.25, 0.3) is 0 Å². The van der Waals surface area contributed by atoms with E-state index in [4.69, 9.17) is 23.2 Å². The van der Waals surface area contributed by atoms with Crippen molar-refractivity contribution in [1.29, 1.82) is 0 Å². The zero-order valence-electron chi connectivity index (χ0n) is 10.7. The Morgan fingerprint density at radius 3 is 2.62 bits per heavy atom. The molecule has 0 heterocycles. The Kier molecular flexibility index (Phi) is 6.29. The van der Waals surface area contributed by atoms with Gasteiger partial charge in [0.2, 0.25) is 0 Å². The number of amides is 1. The van der Waals surface area contributed by atoms with Crippen molar-refractivity contribution in [3.05, 3.63) is 35.4 Å². The van der Waals surface area contributed by atoms with E-state index in [0.29, 0.717) is 0 Å². The number of nitrogens with one attached hydrogen (secondary N) is 1. The number of carbonyl (C=O) groups is 1. The Hall–Kier alpha value is -1.47. The van der Waals surface area contributed by atoms with Gasteiger partial charge in [0, 0.05) is 5.56 Å². The summed E-state index contributed by atoms with van der Waals surface area (Å²) < 4.78 is 42.5. The van der Waals surface area contributed by atoms with Gasteiger partial charge in [0.05, 0.1) is 12.2 Å². The van der Waals surface area contributed by atoms with E-state index in [0.717, 1.165) is 12.1 Å². The lowest BCUT2D eigenvalue weighted by Crippen LogP contribution is -2.23. The normalized spacial score (nSPS) is 12.4. The summed E-state index contributed by atoms with van der Waals surface area (Å²) in [5, 5.41) is 3.60. The first-order chi connectivity index (χ1) is 9.75. The minimum atomic E-state index is -4.51. The van der Waals surface area contributed by atoms with Crippen molar-refractivity contribution >= 4 is 35.0 Å². The molecule has 0 saturated carbocycles. The summed E-state index contributed by atoms with van der Waals surface area (Å²) in [6.45, 7) is 1.70. The van der Waals surface area contributed by atoms with Gasteiger partial charge in [-0.25, -0.2) is 10.2 Å². The van der Waals surface area contributed by atoms with Crippen molar-refractivity contribution in [2.45, 2.75) is 17.9 Å². The number of hydrogen-bond acceptors (Lipinski definition) is 3. The Labute approximate surface area is 128 Å². The second kappa shape index (κ2) is 7.51. The zero-order chi connectivity index (χ0) is 16.0. The fourth-order valence-electron chi connectivity index (χ4n) is 1.36. The molecule has 1 aromatic carbocycles. The summed E-state index contributed by atoms with van der Waals surface area (Å²) in [6, 6.07) is 4.27. The molecule has 0 fully saturated rings. The number of benzene rings is 1. The monoisotopic (exact) mass is 342 g/mol. The molecule has 116 valence electrons. The molecule has 21 heavy (non-hydrogen) atoms. The molecule has 1 amide bonds. The predicted molar refractivity (Wildman–Crippen MR) is 73.6 cm³/mol. The summed E-state index contributed by atoms with van der Waals surface area (Å²) in [4.78, 5) is 9.89. The Bertz CT molecular complexity index is 533. The number of halogens is 5. The van der Waals surface area contributed by atoms with Crippen LogP contribution in [0.2, 0.25) is 0 Å². The molecule has 4 nitrogen and oxygen atoms in total. The molecule has 0 atom stereocenters. The largest absolute Gasteiger partial charge is 0.449 e. The minimum Gasteiger partial charge on any atom is -0.449 e. The third-order valence-corrected chi connectivity index (χ3v) is 2.65. The molecule has 0 unspecified atom stereocenters. The van der Waals surface area contributed by atoms with E-state index in [1.54, 1.807) is 6.92 Å². The average molecular weight is 343 g/mol. The van der Waals surface area contributed by atoms with E-state index in [1.807, 2.05) is 5.43 Å². The van der Waals surface area contributed by atoms with Crippen LogP contribution < -0.4 is 5.43 Å². The quantitative estimate of drug-likeness (QED) is 0.511. The van der Waals surface area contributed by atoms with Crippen LogP contribution in [0, 0.1) is 0 Å². The van der Waals surface area contributed by atoms with E-state index < -0.39 is 22.7 Å². The molecule has 1 N–H and O–H groups in total. The van der Waals surface area contributed by atoms with Crippen LogP contribution in [0.15, 0.2) is 29.4 Å². The van der Waals surface area contributed by atoms with Gasteiger partial charge in [-0.3, -0.25) is 0 Å². The van der Waals surface area contributed by atoms with Gasteiger partial charge in [-0.1, -0.05) is 35.3 Å². The topological polar surface area (TPSA) is 50.7 Å². The predicted octanol–water partition coefficient (Wildman–Crippen LogP) is 3.96. The molecule has 0 aliphatic carbocycles. The lowest BCUT2D eigenvalue weighted by atomic mass is 10.1. The lowest BCUT2D eigenvalue weighted by molar-refractivity contribution is -0.137. The summed E-state index contributed by atoms with van der Waals surface area (Å²) in [6.07, 6.45) is -5.37. The minimum absolute atomic E-state index is 0.0385. The first kappa shape index (κ1) is 17.6. The van der Waals surface area contributed by atoms with Gasteiger partial charge in [-0.15, -0.1) is 0 Å². The molecule has 0 aliphatic rings. The summed E-state index contributed by atoms with van der Waals surface area (Å²) in [5.41, 5.74) is 1.03. The van der Waals surface area contributed by atoms with E-state index in [-0.39, 0.29) is 17.9 Å². The van der Waals surface area contributed by atoms with Crippen LogP contribution in [0.1, 0.15) is 18.1 Å². The number of ether oxygens (including phenoxy) is 1. The van der Waals surface area contributed by atoms with Crippen LogP contribution in [0.4, 0.5) is 18.0 Å². The fourth-order valence-corrected chi connectivity index (χ4v) is 1.71. The second-order valence-corrected chi connectivity index (χ2v) is 4.80. The van der Waals surface area contributed by atoms with E-state index >= 15 is 0 Å². The summed E-state index contributed by atoms with van der Waals surface area (Å²) in [7, 11) is 0. The molecule has 0 aromatic heterocycles. The van der Waals surface area contributed by atoms with Crippen LogP contribution >= 0.6 is 23.2 Å². The Balaban J connectivity index is 3.06. The number of rotatable bonds is 4. The highest BCUT2D eigenvalue weighted by molar-refractivity contribution is 6.56. The molecule has 0 saturated heterocycles. The number of hydrogen-bond donors (Lipinski definition) is 1. The molecular formula is C12H11Cl2F3N2O2. The molecule has 9 heteroatoms. The fraction of sp³-hybridized carbons (Fsp3) is 0.333. The maximum Gasteiger partial charge on any atom is 0.427 e. The van der Waals surface area contributed by atoms with Crippen molar-refractivity contribution in [1.82, 2.24) is 5.43 Å². The van der Waals surface area contributed by atoms with Crippen LogP contribution in [-0.2, 0) is 10.9 Å². The van der Waals surface area contributed by atoms with Gasteiger partial charge in [0.1, 0.15) is 5.71 Å². The highest BCUT2D eigenvalue weighted by atomic mass is 35.5. The first-order valence-corrected chi connectivity index (χ1v) is 6.59. The smallest absolute Gasteiger partial charge is 0.427 e. The SMILES string of the molecule is CCOC(=O)NN=C(c1cccc(C(F)(F)F)c1)C(Cl)Cl. The summed E-state index contributed by atoms with van der Waals surface area (Å²) in [5.74, 6) is 0. The molecule has 1 aromatic rings. The third-order valence-electron chi connectivity index (χ3n) is 2.24. The molecule has 1 rings (SSSR count). The van der Waals surface area contributed by atoms with Gasteiger partial charge in [0.15, 0.2) is 4.84 Å². The van der Waals surface area contributed by atoms with Gasteiger partial charge in [-0.05, 0) is 19.1 Å². The van der Waals surface area contributed by atoms with Crippen LogP contribution in [-0.4, -0.2) is 23.2 Å². The molecule has 0 radical (unpaired) electrons. The Morgan fingerprint density at radius 2 is 2.10 bits per heavy atom. The highest BCUT2D eigenvalue weighted by Crippen LogP contribution is 2.30. The van der Waals surface area contributed by atoms with Crippen molar-refractivity contribution in [2.75, 3.05) is 6.61 Å². The van der Waals surface area contributed by atoms with Gasteiger partial charge in [-0.2, -0.15) is 18.3 Å². The maximum atomic E-state index is 12.7. The molecule has 0 bridgehead atoms. The van der Waals surface area contributed by atoms with Gasteiger partial charge in [0.25, 0.3) is 0 Å². The second-order valence-electron chi connectivity index (χ2n) is 3.71. The Morgan fingerprint density at radius 1 is 1.43 bits per heavy atom. The van der Waals surface area contributed by atoms with Crippen molar-refractivity contribution in [3.8, 4) is 0 Å². The number of nitrogens with zero attached hydrogens (tertiary/aromatic N) is 1. The number of carbonyl (C=O) groups excluding carboxylic acids is 1. The highest BCUT2D eigenvalue weighted by Gasteiger charge is 2.31. The number of alkyl halides is 5. The van der Waals surface area contributed by atoms with Crippen molar-refractivity contribution < 1.29 is 22.7 Å². The van der Waals surface area contributed by atoms with Gasteiger partial charge < -0.3 is 4.74 Å². The number of hydrazone groups is 1. The maximum absolute atomic E-state index is 12.7. The molecule has 0 aliphatic heterocycles. The van der Waals surface area contributed by atoms with Crippen molar-refractivity contribution in [3.63, 3.8) is 0 Å². The molecular weight excluding hydrogens is 332 g/mol. The average Bonchev–Trinajstić information content (AvgIpc) is 2.38. The van der Waals surface area contributed by atoms with E-state index in [1.165, 1.54) is 12.1 Å². The molecule has 0 spiro atoms. The lowest BCUT2D eigenvalue weighted by Gasteiger charge is -2.11. The third kappa shape index (κ3) is 5.43. The van der Waals surface area contributed by atoms with E-state index in [2.05, 4.69) is 9.84 Å². The zero-order valence-corrected chi connectivity index (χ0v) is 12.3. The van der Waals surface area contributed by atoms with Crippen LogP contribution in [0.3, 0.4) is 0 Å². The van der Waals surface area contributed by atoms with Gasteiger partial charge >= 0.3 is 12.3 Å². The first-order valence-electron chi connectivity index (χ1n) is 5.71. The standard InChI is InChI=1S/C12H11Cl2F3N2O2/c1-2-21-11(20)19-18-9(10(13)14)7-4-3-5-8(6-7)12(15,16)17/h3-6,10H,2H2,1H3,(H,19,20).